The first kappa shape index (κ1) is 34.3. The Morgan fingerprint density at radius 2 is 1.75 bits per heavy atom. The van der Waals surface area contributed by atoms with E-state index in [9.17, 15) is 28.0 Å². The quantitative estimate of drug-likeness (QED) is 0.119. The molecule has 1 aliphatic rings. The minimum Gasteiger partial charge on any atom is -0.370 e. The Bertz CT molecular complexity index is 1850. The summed E-state index contributed by atoms with van der Waals surface area (Å²) < 4.78 is 57.4. The number of alkyl halides is 3. The molecule has 5 rings (SSSR count). The number of benzene rings is 3. The number of nitrogens with one attached hydrogen (secondary N) is 3. The van der Waals surface area contributed by atoms with Crippen molar-refractivity contribution in [2.75, 3.05) is 11.9 Å². The predicted octanol–water partition coefficient (Wildman–Crippen LogP) is 6.84. The van der Waals surface area contributed by atoms with Crippen molar-refractivity contribution in [3.63, 3.8) is 0 Å². The highest BCUT2D eigenvalue weighted by Crippen LogP contribution is 2.33. The predicted molar refractivity (Wildman–Crippen MR) is 169 cm³/mol. The number of anilines is 1. The number of halogens is 4. The summed E-state index contributed by atoms with van der Waals surface area (Å²) in [5, 5.41) is 19.0. The van der Waals surface area contributed by atoms with Crippen LogP contribution in [-0.2, 0) is 22.4 Å². The van der Waals surface area contributed by atoms with E-state index in [2.05, 4.69) is 27.3 Å². The lowest BCUT2D eigenvalue weighted by molar-refractivity contribution is -0.161. The van der Waals surface area contributed by atoms with E-state index in [-0.39, 0.29) is 17.9 Å². The van der Waals surface area contributed by atoms with Crippen molar-refractivity contribution in [2.45, 2.75) is 52.4 Å². The Hall–Kier alpha value is -5.06. The molecule has 13 heteroatoms. The molecule has 1 fully saturated rings. The zero-order valence-corrected chi connectivity index (χ0v) is 26.5. The molecule has 1 aliphatic carbocycles. The lowest BCUT2D eigenvalue weighted by atomic mass is 9.96. The number of hydrogen-bond acceptors (Lipinski definition) is 7. The van der Waals surface area contributed by atoms with Crippen LogP contribution in [0.3, 0.4) is 0 Å². The summed E-state index contributed by atoms with van der Waals surface area (Å²) in [6.07, 6.45) is -2.70. The Labute approximate surface area is 274 Å². The summed E-state index contributed by atoms with van der Waals surface area (Å²) >= 11 is 0. The van der Waals surface area contributed by atoms with Crippen LogP contribution in [0.4, 0.5) is 23.2 Å². The molecule has 0 aliphatic heterocycles. The number of carbonyl (C=O) groups is 2. The van der Waals surface area contributed by atoms with E-state index in [1.165, 1.54) is 24.3 Å². The van der Waals surface area contributed by atoms with Crippen molar-refractivity contribution in [3.8, 4) is 11.8 Å². The van der Waals surface area contributed by atoms with E-state index in [1.807, 2.05) is 6.07 Å². The highest BCUT2D eigenvalue weighted by atomic mass is 19.4. The lowest BCUT2D eigenvalue weighted by Gasteiger charge is -2.21. The van der Waals surface area contributed by atoms with Crippen LogP contribution < -0.4 is 16.1 Å². The van der Waals surface area contributed by atoms with E-state index in [1.54, 1.807) is 57.2 Å². The molecule has 1 unspecified atom stereocenters. The topological polar surface area (TPSA) is 121 Å². The second kappa shape index (κ2) is 14.0. The average molecular weight is 663 g/mol. The van der Waals surface area contributed by atoms with Gasteiger partial charge in [0, 0.05) is 6.07 Å². The van der Waals surface area contributed by atoms with Crippen molar-refractivity contribution >= 4 is 17.6 Å². The van der Waals surface area contributed by atoms with E-state index >= 15 is 4.39 Å². The molecule has 48 heavy (non-hydrogen) atoms. The third-order valence-electron chi connectivity index (χ3n) is 7.67. The molecule has 3 N–H and O–H groups in total. The first-order chi connectivity index (χ1) is 22.7. The Morgan fingerprint density at radius 3 is 2.44 bits per heavy atom. The van der Waals surface area contributed by atoms with Gasteiger partial charge in [0.15, 0.2) is 5.69 Å². The zero-order valence-electron chi connectivity index (χ0n) is 26.5. The molecule has 1 amide bonds. The van der Waals surface area contributed by atoms with Crippen molar-refractivity contribution in [2.24, 2.45) is 11.3 Å². The third-order valence-corrected chi connectivity index (χ3v) is 7.67. The molecule has 1 heterocycles. The Morgan fingerprint density at radius 1 is 1.02 bits per heavy atom. The number of nitrogens with zero attached hydrogens (tertiary/aromatic N) is 3. The number of amides is 1. The van der Waals surface area contributed by atoms with Crippen LogP contribution in [-0.4, -0.2) is 28.2 Å². The van der Waals surface area contributed by atoms with Crippen LogP contribution in [0.15, 0.2) is 72.8 Å². The van der Waals surface area contributed by atoms with E-state index in [0.717, 1.165) is 23.1 Å². The SMILES string of the molecule is CC(C)(C)C(=O)ONCc1cccc(-n2nc(C(F)(F)F)cc2C(=O)Nc2cc(C(NCC3CC3)c3cccc(C#N)c3)ccc2F)c1. The molecule has 1 atom stereocenters. The van der Waals surface area contributed by atoms with Crippen LogP contribution in [0, 0.1) is 28.5 Å². The summed E-state index contributed by atoms with van der Waals surface area (Å²) in [4.78, 5) is 30.7. The van der Waals surface area contributed by atoms with Gasteiger partial charge < -0.3 is 15.5 Å². The Balaban J connectivity index is 1.43. The largest absolute Gasteiger partial charge is 0.435 e. The van der Waals surface area contributed by atoms with Gasteiger partial charge in [0.25, 0.3) is 5.91 Å². The summed E-state index contributed by atoms with van der Waals surface area (Å²) in [5.41, 5.74) is 2.17. The number of nitriles is 1. The highest BCUT2D eigenvalue weighted by Gasteiger charge is 2.36. The van der Waals surface area contributed by atoms with Crippen molar-refractivity contribution in [3.05, 3.63) is 112 Å². The molecular formula is C35H34F4N6O3. The van der Waals surface area contributed by atoms with Gasteiger partial charge in [0.2, 0.25) is 0 Å². The molecule has 0 radical (unpaired) electrons. The molecule has 1 saturated carbocycles. The molecule has 9 nitrogen and oxygen atoms in total. The average Bonchev–Trinajstić information content (AvgIpc) is 3.75. The highest BCUT2D eigenvalue weighted by molar-refractivity contribution is 6.03. The van der Waals surface area contributed by atoms with E-state index < -0.39 is 46.7 Å². The summed E-state index contributed by atoms with van der Waals surface area (Å²) in [7, 11) is 0. The minimum absolute atomic E-state index is 0.0236. The van der Waals surface area contributed by atoms with Gasteiger partial charge in [0.1, 0.15) is 11.5 Å². The van der Waals surface area contributed by atoms with Crippen LogP contribution in [0.2, 0.25) is 0 Å². The van der Waals surface area contributed by atoms with Gasteiger partial charge in [-0.2, -0.15) is 23.5 Å². The minimum atomic E-state index is -4.87. The summed E-state index contributed by atoms with van der Waals surface area (Å²) in [6, 6.07) is 19.5. The maximum atomic E-state index is 15.2. The smallest absolute Gasteiger partial charge is 0.370 e. The molecule has 3 aromatic carbocycles. The monoisotopic (exact) mass is 662 g/mol. The first-order valence-corrected chi connectivity index (χ1v) is 15.3. The van der Waals surface area contributed by atoms with Crippen LogP contribution >= 0.6 is 0 Å². The maximum Gasteiger partial charge on any atom is 0.435 e. The molecule has 4 aromatic rings. The lowest BCUT2D eigenvalue weighted by Crippen LogP contribution is -2.29. The van der Waals surface area contributed by atoms with E-state index in [4.69, 9.17) is 4.84 Å². The standard InChI is InChI=1S/C35H34F4N6O3/c1-34(2,3)33(47)48-42-20-23-7-5-9-26(15-23)45-29(17-30(44-45)35(37,38)39)32(46)43-28-16-25(12-13-27(28)36)31(41-19-21-10-11-21)24-8-4-6-22(14-24)18-40/h4-9,12-17,21,31,41-42H,10-11,19-20H2,1-3H3,(H,43,46). The number of aromatic nitrogens is 2. The number of hydrogen-bond donors (Lipinski definition) is 3. The number of rotatable bonds is 11. The van der Waals surface area contributed by atoms with Gasteiger partial charge in [-0.05, 0) is 99.2 Å². The van der Waals surface area contributed by atoms with Crippen molar-refractivity contribution in [1.29, 1.82) is 5.26 Å². The van der Waals surface area contributed by atoms with Gasteiger partial charge in [0.05, 0.1) is 41.0 Å². The van der Waals surface area contributed by atoms with Crippen molar-refractivity contribution < 1.29 is 32.0 Å². The Kier molecular flexibility index (Phi) is 9.98. The van der Waals surface area contributed by atoms with Gasteiger partial charge >= 0.3 is 12.1 Å². The fourth-order valence-electron chi connectivity index (χ4n) is 4.84. The first-order valence-electron chi connectivity index (χ1n) is 15.3. The third kappa shape index (κ3) is 8.44. The van der Waals surface area contributed by atoms with Crippen LogP contribution in [0.25, 0.3) is 5.69 Å². The zero-order chi connectivity index (χ0) is 34.6. The molecule has 0 spiro atoms. The number of hydroxylamine groups is 1. The molecular weight excluding hydrogens is 628 g/mol. The van der Waals surface area contributed by atoms with Gasteiger partial charge in [-0.1, -0.05) is 30.3 Å². The summed E-state index contributed by atoms with van der Waals surface area (Å²) in [5.74, 6) is -1.82. The molecule has 0 saturated heterocycles. The van der Waals surface area contributed by atoms with Gasteiger partial charge in [-0.3, -0.25) is 4.79 Å². The van der Waals surface area contributed by atoms with Crippen LogP contribution in [0.1, 0.15) is 78.1 Å². The molecule has 250 valence electrons. The maximum absolute atomic E-state index is 15.2. The van der Waals surface area contributed by atoms with E-state index in [0.29, 0.717) is 35.2 Å². The van der Waals surface area contributed by atoms with Gasteiger partial charge in [-0.25, -0.2) is 13.9 Å². The second-order valence-electron chi connectivity index (χ2n) is 12.7. The summed E-state index contributed by atoms with van der Waals surface area (Å²) in [6.45, 7) is 5.76. The normalized spacial score (nSPS) is 13.9. The fourth-order valence-corrected chi connectivity index (χ4v) is 4.84. The molecule has 1 aromatic heterocycles. The van der Waals surface area contributed by atoms with Crippen molar-refractivity contribution in [1.82, 2.24) is 20.6 Å². The van der Waals surface area contributed by atoms with Crippen LogP contribution in [0.5, 0.6) is 0 Å². The fraction of sp³-hybridized carbons (Fsp3) is 0.314. The van der Waals surface area contributed by atoms with Gasteiger partial charge in [-0.15, -0.1) is 5.48 Å². The molecule has 0 bridgehead atoms. The number of carbonyl (C=O) groups excluding carboxylic acids is 2. The second-order valence-corrected chi connectivity index (χ2v) is 12.7.